The van der Waals surface area contributed by atoms with Crippen molar-refractivity contribution in [3.8, 4) is 0 Å². The van der Waals surface area contributed by atoms with Gasteiger partial charge in [0.25, 0.3) is 0 Å². The van der Waals surface area contributed by atoms with Gasteiger partial charge in [0, 0.05) is 10.1 Å². The second kappa shape index (κ2) is 7.15. The second-order valence-electron chi connectivity index (χ2n) is 4.65. The summed E-state index contributed by atoms with van der Waals surface area (Å²) < 4.78 is 1.16. The molecule has 0 saturated carbocycles. The average Bonchev–Trinajstić information content (AvgIpc) is 2.42. The Labute approximate surface area is 133 Å². The van der Waals surface area contributed by atoms with Crippen LogP contribution in [0, 0.1) is 3.57 Å². The molecule has 0 aliphatic rings. The van der Waals surface area contributed by atoms with E-state index in [1.165, 1.54) is 5.56 Å². The zero-order valence-corrected chi connectivity index (χ0v) is 13.8. The zero-order valence-electron chi connectivity index (χ0n) is 10.9. The highest BCUT2D eigenvalue weighted by molar-refractivity contribution is 14.1. The molecule has 100 valence electrons. The van der Waals surface area contributed by atoms with Crippen LogP contribution in [0.15, 0.2) is 48.5 Å². The number of rotatable bonds is 5. The van der Waals surface area contributed by atoms with Crippen LogP contribution in [0.3, 0.4) is 0 Å². The first kappa shape index (κ1) is 14.7. The van der Waals surface area contributed by atoms with Gasteiger partial charge >= 0.3 is 0 Å². The largest absolute Gasteiger partial charge is 0.384 e. The quantitative estimate of drug-likeness (QED) is 0.665. The van der Waals surface area contributed by atoms with E-state index >= 15 is 0 Å². The summed E-state index contributed by atoms with van der Waals surface area (Å²) >= 11 is 8.46. The van der Waals surface area contributed by atoms with Crippen molar-refractivity contribution in [1.82, 2.24) is 0 Å². The van der Waals surface area contributed by atoms with Crippen LogP contribution in [0.5, 0.6) is 0 Å². The lowest BCUT2D eigenvalue weighted by Crippen LogP contribution is -2.06. The van der Waals surface area contributed by atoms with Crippen LogP contribution in [0.25, 0.3) is 0 Å². The van der Waals surface area contributed by atoms with Gasteiger partial charge in [0.1, 0.15) is 0 Å². The van der Waals surface area contributed by atoms with E-state index in [1.54, 1.807) is 0 Å². The second-order valence-corrected chi connectivity index (χ2v) is 6.30. The molecule has 1 atom stereocenters. The van der Waals surface area contributed by atoms with Crippen LogP contribution in [0.2, 0.25) is 5.02 Å². The van der Waals surface area contributed by atoms with Gasteiger partial charge in [-0.05, 0) is 58.7 Å². The third-order valence-electron chi connectivity index (χ3n) is 3.19. The van der Waals surface area contributed by atoms with Gasteiger partial charge in [-0.2, -0.15) is 0 Å². The molecule has 0 heterocycles. The Morgan fingerprint density at radius 2 is 1.89 bits per heavy atom. The number of nitrogens with one attached hydrogen (secondary N) is 1. The summed E-state index contributed by atoms with van der Waals surface area (Å²) in [6.45, 7) is 3.18. The molecule has 1 unspecified atom stereocenters. The Hall–Kier alpha value is -0.740. The Bertz CT molecular complexity index is 528. The van der Waals surface area contributed by atoms with Gasteiger partial charge in [-0.15, -0.1) is 0 Å². The summed E-state index contributed by atoms with van der Waals surface area (Å²) in [5.74, 6) is 0.552. The molecule has 0 aliphatic heterocycles. The van der Waals surface area contributed by atoms with Gasteiger partial charge < -0.3 is 5.32 Å². The van der Waals surface area contributed by atoms with E-state index in [1.807, 2.05) is 12.1 Å². The highest BCUT2D eigenvalue weighted by Crippen LogP contribution is 2.25. The normalized spacial score (nSPS) is 12.2. The van der Waals surface area contributed by atoms with Gasteiger partial charge in [-0.1, -0.05) is 48.9 Å². The van der Waals surface area contributed by atoms with Crippen LogP contribution in [0.1, 0.15) is 24.8 Å². The van der Waals surface area contributed by atoms with Crippen molar-refractivity contribution in [2.45, 2.75) is 19.3 Å². The molecule has 0 bridgehead atoms. The summed E-state index contributed by atoms with van der Waals surface area (Å²) in [6.07, 6.45) is 1.09. The van der Waals surface area contributed by atoms with E-state index in [2.05, 4.69) is 71.2 Å². The van der Waals surface area contributed by atoms with Crippen molar-refractivity contribution < 1.29 is 0 Å². The number of anilines is 1. The lowest BCUT2D eigenvalue weighted by Gasteiger charge is -2.14. The first-order valence-electron chi connectivity index (χ1n) is 6.40. The average molecular weight is 386 g/mol. The molecule has 1 nitrogen and oxygen atoms in total. The molecular formula is C16H17ClIN. The monoisotopic (exact) mass is 385 g/mol. The summed E-state index contributed by atoms with van der Waals surface area (Å²) in [4.78, 5) is 0. The number of hydrogen-bond donors (Lipinski definition) is 1. The van der Waals surface area contributed by atoms with E-state index in [0.29, 0.717) is 5.92 Å². The van der Waals surface area contributed by atoms with Crippen molar-refractivity contribution in [2.75, 3.05) is 11.9 Å². The van der Waals surface area contributed by atoms with Crippen molar-refractivity contribution in [3.05, 3.63) is 62.7 Å². The molecule has 0 fully saturated rings. The topological polar surface area (TPSA) is 12.0 Å². The molecule has 0 spiro atoms. The Morgan fingerprint density at radius 1 is 1.16 bits per heavy atom. The van der Waals surface area contributed by atoms with Crippen molar-refractivity contribution >= 4 is 39.9 Å². The van der Waals surface area contributed by atoms with Crippen molar-refractivity contribution in [3.63, 3.8) is 0 Å². The number of hydrogen-bond acceptors (Lipinski definition) is 1. The molecule has 0 aliphatic carbocycles. The predicted octanol–water partition coefficient (Wildman–Crippen LogP) is 5.55. The maximum atomic E-state index is 6.19. The predicted molar refractivity (Wildman–Crippen MR) is 92.1 cm³/mol. The minimum Gasteiger partial charge on any atom is -0.384 e. The maximum Gasteiger partial charge on any atom is 0.0648 e. The van der Waals surface area contributed by atoms with Gasteiger partial charge in [0.15, 0.2) is 0 Å². The number of benzene rings is 2. The third kappa shape index (κ3) is 4.39. The minimum atomic E-state index is 0.552. The fraction of sp³-hybridized carbons (Fsp3) is 0.250. The number of halogens is 2. The molecule has 19 heavy (non-hydrogen) atoms. The van der Waals surface area contributed by atoms with E-state index in [-0.39, 0.29) is 0 Å². The molecule has 0 saturated heterocycles. The summed E-state index contributed by atoms with van der Waals surface area (Å²) in [6, 6.07) is 16.7. The lowest BCUT2D eigenvalue weighted by molar-refractivity contribution is 0.706. The van der Waals surface area contributed by atoms with Crippen LogP contribution in [-0.2, 0) is 0 Å². The smallest absolute Gasteiger partial charge is 0.0648 e. The first-order chi connectivity index (χ1) is 9.16. The van der Waals surface area contributed by atoms with Crippen molar-refractivity contribution in [2.24, 2.45) is 0 Å². The Kier molecular flexibility index (Phi) is 5.52. The van der Waals surface area contributed by atoms with Crippen LogP contribution >= 0.6 is 34.2 Å². The highest BCUT2D eigenvalue weighted by Gasteiger charge is 2.05. The maximum absolute atomic E-state index is 6.19. The van der Waals surface area contributed by atoms with Gasteiger partial charge in [-0.25, -0.2) is 0 Å². The standard InChI is InChI=1S/C16H17ClIN/c1-12(13-5-3-2-4-6-13)9-10-19-16-8-7-14(18)11-15(16)17/h2-8,11-12,19H,9-10H2,1H3. The van der Waals surface area contributed by atoms with Crippen molar-refractivity contribution in [1.29, 1.82) is 0 Å². The molecule has 1 N–H and O–H groups in total. The SMILES string of the molecule is CC(CCNc1ccc(I)cc1Cl)c1ccccc1. The van der Waals surface area contributed by atoms with Crippen LogP contribution < -0.4 is 5.32 Å². The Balaban J connectivity index is 1.86. The summed E-state index contributed by atoms with van der Waals surface area (Å²) in [5, 5.41) is 4.20. The summed E-state index contributed by atoms with van der Waals surface area (Å²) in [5.41, 5.74) is 2.40. The first-order valence-corrected chi connectivity index (χ1v) is 7.86. The van der Waals surface area contributed by atoms with E-state index in [0.717, 1.165) is 27.2 Å². The molecule has 0 aromatic heterocycles. The Morgan fingerprint density at radius 3 is 2.58 bits per heavy atom. The van der Waals surface area contributed by atoms with Crippen LogP contribution in [-0.4, -0.2) is 6.54 Å². The highest BCUT2D eigenvalue weighted by atomic mass is 127. The fourth-order valence-electron chi connectivity index (χ4n) is 2.00. The van der Waals surface area contributed by atoms with Gasteiger partial charge in [-0.3, -0.25) is 0 Å². The molecule has 0 radical (unpaired) electrons. The van der Waals surface area contributed by atoms with E-state index in [4.69, 9.17) is 11.6 Å². The molecule has 2 aromatic carbocycles. The molecule has 2 rings (SSSR count). The third-order valence-corrected chi connectivity index (χ3v) is 4.18. The van der Waals surface area contributed by atoms with E-state index in [9.17, 15) is 0 Å². The molecule has 0 amide bonds. The molecule has 3 heteroatoms. The minimum absolute atomic E-state index is 0.552. The molecule has 2 aromatic rings. The zero-order chi connectivity index (χ0) is 13.7. The summed E-state index contributed by atoms with van der Waals surface area (Å²) in [7, 11) is 0. The van der Waals surface area contributed by atoms with Crippen LogP contribution in [0.4, 0.5) is 5.69 Å². The van der Waals surface area contributed by atoms with Gasteiger partial charge in [0.05, 0.1) is 10.7 Å². The fourth-order valence-corrected chi connectivity index (χ4v) is 2.93. The lowest BCUT2D eigenvalue weighted by atomic mass is 9.98. The van der Waals surface area contributed by atoms with Gasteiger partial charge in [0.2, 0.25) is 0 Å². The van der Waals surface area contributed by atoms with E-state index < -0.39 is 0 Å². The molecular weight excluding hydrogens is 369 g/mol.